The number of hydrogen-bond acceptors (Lipinski definition) is 6. The largest absolute Gasteiger partial charge is 0.497 e. The first-order chi connectivity index (χ1) is 16.4. The Bertz CT molecular complexity index is 1290. The van der Waals surface area contributed by atoms with Crippen LogP contribution in [0.5, 0.6) is 5.75 Å². The van der Waals surface area contributed by atoms with Gasteiger partial charge in [-0.05, 0) is 67.6 Å². The van der Waals surface area contributed by atoms with Crippen LogP contribution in [0.1, 0.15) is 16.1 Å². The van der Waals surface area contributed by atoms with Gasteiger partial charge in [-0.15, -0.1) is 0 Å². The number of carbonyl (C=O) groups excluding carboxylic acids is 1. The highest BCUT2D eigenvalue weighted by Gasteiger charge is 2.15. The maximum absolute atomic E-state index is 14.0. The summed E-state index contributed by atoms with van der Waals surface area (Å²) in [6.45, 7) is 1.87. The summed E-state index contributed by atoms with van der Waals surface area (Å²) >= 11 is 5.96. The van der Waals surface area contributed by atoms with Gasteiger partial charge in [0.1, 0.15) is 17.4 Å². The Morgan fingerprint density at radius 2 is 1.56 bits per heavy atom. The summed E-state index contributed by atoms with van der Waals surface area (Å²) in [6, 6.07) is 20.3. The third-order valence-corrected chi connectivity index (χ3v) is 5.12. The minimum Gasteiger partial charge on any atom is -0.497 e. The molecule has 0 radical (unpaired) electrons. The van der Waals surface area contributed by atoms with Gasteiger partial charge >= 0.3 is 0 Å². The van der Waals surface area contributed by atoms with Crippen molar-refractivity contribution in [1.82, 2.24) is 9.97 Å². The third kappa shape index (κ3) is 5.60. The summed E-state index contributed by atoms with van der Waals surface area (Å²) in [5.74, 6) is 0.499. The SMILES string of the molecule is COc1ccc(Nc2cc(C)nc(Nc3ccc(NC(=O)c4c(F)cccc4Cl)cc3)n2)cc1. The van der Waals surface area contributed by atoms with Crippen LogP contribution < -0.4 is 20.7 Å². The Labute approximate surface area is 201 Å². The predicted octanol–water partition coefficient (Wildman–Crippen LogP) is 6.33. The molecule has 3 aromatic carbocycles. The second-order valence-electron chi connectivity index (χ2n) is 7.32. The topological polar surface area (TPSA) is 88.2 Å². The van der Waals surface area contributed by atoms with Crippen LogP contribution in [0.25, 0.3) is 0 Å². The van der Waals surface area contributed by atoms with Gasteiger partial charge in [0.25, 0.3) is 5.91 Å². The summed E-state index contributed by atoms with van der Waals surface area (Å²) in [5, 5.41) is 9.08. The van der Waals surface area contributed by atoms with Crippen molar-refractivity contribution in [3.63, 3.8) is 0 Å². The lowest BCUT2D eigenvalue weighted by Crippen LogP contribution is -2.14. The Morgan fingerprint density at radius 3 is 2.24 bits per heavy atom. The van der Waals surface area contributed by atoms with Crippen molar-refractivity contribution >= 4 is 46.3 Å². The van der Waals surface area contributed by atoms with Crippen molar-refractivity contribution < 1.29 is 13.9 Å². The third-order valence-electron chi connectivity index (χ3n) is 4.81. The number of methoxy groups -OCH3 is 1. The lowest BCUT2D eigenvalue weighted by atomic mass is 10.2. The molecule has 0 aliphatic heterocycles. The van der Waals surface area contributed by atoms with Crippen LogP contribution in [0.2, 0.25) is 5.02 Å². The highest BCUT2D eigenvalue weighted by Crippen LogP contribution is 2.24. The number of carbonyl (C=O) groups is 1. The molecule has 7 nitrogen and oxygen atoms in total. The lowest BCUT2D eigenvalue weighted by molar-refractivity contribution is 0.102. The molecule has 1 heterocycles. The molecular formula is C25H21ClFN5O2. The number of hydrogen-bond donors (Lipinski definition) is 3. The minimum atomic E-state index is -0.682. The smallest absolute Gasteiger partial charge is 0.260 e. The normalized spacial score (nSPS) is 10.5. The molecule has 0 fully saturated rings. The Kier molecular flexibility index (Phi) is 6.89. The number of aryl methyl sites for hydroxylation is 1. The number of aromatic nitrogens is 2. The van der Waals surface area contributed by atoms with E-state index >= 15 is 0 Å². The van der Waals surface area contributed by atoms with Crippen molar-refractivity contribution in [2.75, 3.05) is 23.1 Å². The van der Waals surface area contributed by atoms with Gasteiger partial charge in [-0.3, -0.25) is 4.79 Å². The average molecular weight is 478 g/mol. The van der Waals surface area contributed by atoms with Crippen molar-refractivity contribution in [2.24, 2.45) is 0 Å². The number of amides is 1. The molecule has 0 saturated heterocycles. The van der Waals surface area contributed by atoms with Gasteiger partial charge in [-0.25, -0.2) is 9.37 Å². The van der Waals surface area contributed by atoms with Crippen LogP contribution in [0.15, 0.2) is 72.8 Å². The van der Waals surface area contributed by atoms with E-state index in [0.717, 1.165) is 17.1 Å². The fraction of sp³-hybridized carbons (Fsp3) is 0.0800. The zero-order valence-corrected chi connectivity index (χ0v) is 19.2. The molecule has 3 N–H and O–H groups in total. The second kappa shape index (κ2) is 10.2. The molecule has 0 unspecified atom stereocenters. The van der Waals surface area contributed by atoms with Crippen LogP contribution in [-0.4, -0.2) is 23.0 Å². The summed E-state index contributed by atoms with van der Waals surface area (Å²) in [5.41, 5.74) is 2.64. The molecule has 0 spiro atoms. The molecule has 0 atom stereocenters. The van der Waals surface area contributed by atoms with E-state index in [0.29, 0.717) is 23.1 Å². The zero-order valence-electron chi connectivity index (χ0n) is 18.4. The first-order valence-electron chi connectivity index (χ1n) is 10.3. The van der Waals surface area contributed by atoms with Crippen LogP contribution in [0.3, 0.4) is 0 Å². The van der Waals surface area contributed by atoms with Gasteiger partial charge in [-0.1, -0.05) is 17.7 Å². The number of halogens is 2. The summed E-state index contributed by atoms with van der Waals surface area (Å²) in [7, 11) is 1.62. The van der Waals surface area contributed by atoms with E-state index in [1.807, 2.05) is 37.3 Å². The molecule has 34 heavy (non-hydrogen) atoms. The van der Waals surface area contributed by atoms with Crippen molar-refractivity contribution in [3.05, 3.63) is 94.9 Å². The van der Waals surface area contributed by atoms with E-state index in [9.17, 15) is 9.18 Å². The molecule has 0 saturated carbocycles. The molecule has 9 heteroatoms. The average Bonchev–Trinajstić information content (AvgIpc) is 2.80. The van der Waals surface area contributed by atoms with E-state index in [2.05, 4.69) is 25.9 Å². The number of rotatable bonds is 7. The molecule has 0 aliphatic rings. The number of benzene rings is 3. The Morgan fingerprint density at radius 1 is 0.912 bits per heavy atom. The van der Waals surface area contributed by atoms with Crippen LogP contribution in [0, 0.1) is 12.7 Å². The highest BCUT2D eigenvalue weighted by molar-refractivity contribution is 6.34. The fourth-order valence-electron chi connectivity index (χ4n) is 3.19. The summed E-state index contributed by atoms with van der Waals surface area (Å²) < 4.78 is 19.1. The molecule has 4 aromatic rings. The molecule has 172 valence electrons. The fourth-order valence-corrected chi connectivity index (χ4v) is 3.43. The summed E-state index contributed by atoms with van der Waals surface area (Å²) in [4.78, 5) is 21.3. The predicted molar refractivity (Wildman–Crippen MR) is 132 cm³/mol. The Hall–Kier alpha value is -4.17. The lowest BCUT2D eigenvalue weighted by Gasteiger charge is -2.11. The maximum atomic E-state index is 14.0. The minimum absolute atomic E-state index is 0.0476. The van der Waals surface area contributed by atoms with Crippen LogP contribution in [0.4, 0.5) is 33.2 Å². The molecule has 4 rings (SSSR count). The van der Waals surface area contributed by atoms with Gasteiger partial charge in [0, 0.05) is 28.8 Å². The van der Waals surface area contributed by atoms with E-state index in [1.54, 1.807) is 31.4 Å². The van der Waals surface area contributed by atoms with Crippen LogP contribution >= 0.6 is 11.6 Å². The van der Waals surface area contributed by atoms with E-state index in [-0.39, 0.29) is 10.6 Å². The molecular weight excluding hydrogens is 457 g/mol. The Balaban J connectivity index is 1.44. The first kappa shape index (κ1) is 23.0. The number of nitrogens with one attached hydrogen (secondary N) is 3. The zero-order chi connectivity index (χ0) is 24.1. The monoisotopic (exact) mass is 477 g/mol. The van der Waals surface area contributed by atoms with Gasteiger partial charge < -0.3 is 20.7 Å². The van der Waals surface area contributed by atoms with Crippen LogP contribution in [-0.2, 0) is 0 Å². The molecule has 0 bridgehead atoms. The summed E-state index contributed by atoms with van der Waals surface area (Å²) in [6.07, 6.45) is 0. The van der Waals surface area contributed by atoms with Gasteiger partial charge in [0.05, 0.1) is 17.7 Å². The number of nitrogens with zero attached hydrogens (tertiary/aromatic N) is 2. The number of anilines is 5. The van der Waals surface area contributed by atoms with Gasteiger partial charge in [-0.2, -0.15) is 4.98 Å². The second-order valence-corrected chi connectivity index (χ2v) is 7.73. The molecule has 0 aliphatic carbocycles. The van der Waals surface area contributed by atoms with Crippen molar-refractivity contribution in [2.45, 2.75) is 6.92 Å². The van der Waals surface area contributed by atoms with Crippen molar-refractivity contribution in [1.29, 1.82) is 0 Å². The maximum Gasteiger partial charge on any atom is 0.260 e. The van der Waals surface area contributed by atoms with E-state index < -0.39 is 11.7 Å². The van der Waals surface area contributed by atoms with Crippen molar-refractivity contribution in [3.8, 4) is 5.75 Å². The quantitative estimate of drug-likeness (QED) is 0.288. The van der Waals surface area contributed by atoms with Gasteiger partial charge in [0.2, 0.25) is 5.95 Å². The number of ether oxygens (including phenoxy) is 1. The molecule has 1 amide bonds. The van der Waals surface area contributed by atoms with E-state index in [4.69, 9.17) is 16.3 Å². The molecule has 1 aromatic heterocycles. The highest BCUT2D eigenvalue weighted by atomic mass is 35.5. The first-order valence-corrected chi connectivity index (χ1v) is 10.7. The van der Waals surface area contributed by atoms with Gasteiger partial charge in [0.15, 0.2) is 0 Å². The standard InChI is InChI=1S/C25H21ClFN5O2/c1-15-14-22(29-16-10-12-19(34-2)13-11-16)32-25(28-15)31-18-8-6-17(7-9-18)30-24(33)23-20(26)4-3-5-21(23)27/h3-14H,1-2H3,(H,30,33)(H2,28,29,31,32). The van der Waals surface area contributed by atoms with E-state index in [1.165, 1.54) is 18.2 Å².